The van der Waals surface area contributed by atoms with Crippen LogP contribution in [0.25, 0.3) is 0 Å². The predicted molar refractivity (Wildman–Crippen MR) is 114 cm³/mol. The molecule has 146 valence electrons. The van der Waals surface area contributed by atoms with Crippen molar-refractivity contribution in [3.8, 4) is 5.75 Å². The highest BCUT2D eigenvalue weighted by atomic mass is 35.5. The van der Waals surface area contributed by atoms with Gasteiger partial charge in [0.15, 0.2) is 0 Å². The molecule has 29 heavy (non-hydrogen) atoms. The molecule has 3 rings (SSSR count). The quantitative estimate of drug-likeness (QED) is 0.433. The zero-order valence-electron chi connectivity index (χ0n) is 15.5. The summed E-state index contributed by atoms with van der Waals surface area (Å²) in [7, 11) is 0. The van der Waals surface area contributed by atoms with Gasteiger partial charge in [-0.3, -0.25) is 9.59 Å². The largest absolute Gasteiger partial charge is 0.508 e. The molecule has 7 heteroatoms. The van der Waals surface area contributed by atoms with Crippen LogP contribution in [0.3, 0.4) is 0 Å². The molecule has 2 amide bonds. The van der Waals surface area contributed by atoms with Crippen LogP contribution in [0, 0.1) is 6.92 Å². The second-order valence-corrected chi connectivity index (χ2v) is 6.63. The van der Waals surface area contributed by atoms with Gasteiger partial charge in [-0.15, -0.1) is 0 Å². The number of hydrazone groups is 1. The fourth-order valence-electron chi connectivity index (χ4n) is 2.61. The van der Waals surface area contributed by atoms with Crippen molar-refractivity contribution in [3.63, 3.8) is 0 Å². The molecular formula is C22H18ClN3O3. The van der Waals surface area contributed by atoms with E-state index in [1.807, 2.05) is 0 Å². The highest BCUT2D eigenvalue weighted by Gasteiger charge is 2.15. The minimum Gasteiger partial charge on any atom is -0.508 e. The van der Waals surface area contributed by atoms with Gasteiger partial charge in [0.2, 0.25) is 0 Å². The van der Waals surface area contributed by atoms with Gasteiger partial charge >= 0.3 is 0 Å². The molecule has 0 bridgehead atoms. The molecule has 0 spiro atoms. The molecule has 3 aromatic carbocycles. The van der Waals surface area contributed by atoms with E-state index in [2.05, 4.69) is 15.8 Å². The summed E-state index contributed by atoms with van der Waals surface area (Å²) in [5, 5.41) is 16.5. The van der Waals surface area contributed by atoms with E-state index in [1.165, 1.54) is 6.21 Å². The van der Waals surface area contributed by atoms with Crippen LogP contribution in [-0.2, 0) is 0 Å². The number of phenolic OH excluding ortho intramolecular Hbond substituents is 1. The smallest absolute Gasteiger partial charge is 0.273 e. The summed E-state index contributed by atoms with van der Waals surface area (Å²) in [4.78, 5) is 25.0. The molecule has 0 aliphatic rings. The molecule has 3 aromatic rings. The molecule has 0 fully saturated rings. The zero-order valence-corrected chi connectivity index (χ0v) is 16.3. The third-order valence-electron chi connectivity index (χ3n) is 4.14. The van der Waals surface area contributed by atoms with Crippen LogP contribution in [0.5, 0.6) is 5.75 Å². The third kappa shape index (κ3) is 5.00. The molecule has 0 heterocycles. The molecule has 0 unspecified atom stereocenters. The summed E-state index contributed by atoms with van der Waals surface area (Å²) in [5.74, 6) is -0.708. The number of para-hydroxylation sites is 1. The van der Waals surface area contributed by atoms with Gasteiger partial charge in [0.25, 0.3) is 11.8 Å². The summed E-state index contributed by atoms with van der Waals surface area (Å²) >= 11 is 6.06. The fourth-order valence-corrected chi connectivity index (χ4v) is 2.83. The maximum Gasteiger partial charge on any atom is 0.273 e. The van der Waals surface area contributed by atoms with E-state index in [0.29, 0.717) is 21.8 Å². The number of aromatic hydroxyl groups is 1. The van der Waals surface area contributed by atoms with Crippen molar-refractivity contribution in [2.75, 3.05) is 5.32 Å². The Labute approximate surface area is 172 Å². The van der Waals surface area contributed by atoms with Crippen LogP contribution >= 0.6 is 11.6 Å². The Kier molecular flexibility index (Phi) is 6.26. The number of hydrogen-bond acceptors (Lipinski definition) is 4. The minimum absolute atomic E-state index is 0.189. The number of amides is 2. The van der Waals surface area contributed by atoms with E-state index in [4.69, 9.17) is 11.6 Å². The third-order valence-corrected chi connectivity index (χ3v) is 4.47. The highest BCUT2D eigenvalue weighted by molar-refractivity contribution is 6.34. The monoisotopic (exact) mass is 407 g/mol. The molecule has 0 aromatic heterocycles. The van der Waals surface area contributed by atoms with E-state index in [1.54, 1.807) is 73.7 Å². The lowest BCUT2D eigenvalue weighted by atomic mass is 10.1. The number of benzene rings is 3. The summed E-state index contributed by atoms with van der Waals surface area (Å²) in [5.41, 5.74) is 4.77. The molecule has 0 aliphatic carbocycles. The molecule has 0 radical (unpaired) electrons. The number of rotatable bonds is 5. The molecular weight excluding hydrogens is 390 g/mol. The van der Waals surface area contributed by atoms with E-state index < -0.39 is 11.8 Å². The number of aryl methyl sites for hydroxylation is 1. The number of carbonyl (C=O) groups is 2. The minimum atomic E-state index is -0.480. The lowest BCUT2D eigenvalue weighted by Gasteiger charge is -2.10. The SMILES string of the molecule is Cc1cc(C=NNC(=O)c2ccccc2NC(=O)c2ccccc2Cl)ccc1O. The van der Waals surface area contributed by atoms with Crippen molar-refractivity contribution < 1.29 is 14.7 Å². The summed E-state index contributed by atoms with van der Waals surface area (Å²) in [6.07, 6.45) is 1.47. The first-order valence-corrected chi connectivity index (χ1v) is 9.11. The van der Waals surface area contributed by atoms with Crippen LogP contribution < -0.4 is 10.7 Å². The van der Waals surface area contributed by atoms with E-state index in [9.17, 15) is 14.7 Å². The average Bonchev–Trinajstić information content (AvgIpc) is 2.71. The molecule has 6 nitrogen and oxygen atoms in total. The van der Waals surface area contributed by atoms with Gasteiger partial charge in [-0.05, 0) is 60.5 Å². The number of hydrogen-bond donors (Lipinski definition) is 3. The van der Waals surface area contributed by atoms with Crippen molar-refractivity contribution in [2.24, 2.45) is 5.10 Å². The van der Waals surface area contributed by atoms with Crippen molar-refractivity contribution in [1.82, 2.24) is 5.43 Å². The first-order valence-electron chi connectivity index (χ1n) is 8.73. The van der Waals surface area contributed by atoms with E-state index in [-0.39, 0.29) is 11.3 Å². The van der Waals surface area contributed by atoms with Crippen LogP contribution in [0.1, 0.15) is 31.8 Å². The highest BCUT2D eigenvalue weighted by Crippen LogP contribution is 2.20. The maximum atomic E-state index is 12.5. The Morgan fingerprint density at radius 3 is 2.38 bits per heavy atom. The Balaban J connectivity index is 1.73. The Hall–Kier alpha value is -3.64. The predicted octanol–water partition coefficient (Wildman–Crippen LogP) is 4.37. The second kappa shape index (κ2) is 9.03. The van der Waals surface area contributed by atoms with Gasteiger partial charge in [-0.1, -0.05) is 35.9 Å². The topological polar surface area (TPSA) is 90.8 Å². The van der Waals surface area contributed by atoms with Gasteiger partial charge in [0.1, 0.15) is 5.75 Å². The van der Waals surface area contributed by atoms with Gasteiger partial charge < -0.3 is 10.4 Å². The molecule has 0 atom stereocenters. The van der Waals surface area contributed by atoms with E-state index in [0.717, 1.165) is 5.56 Å². The van der Waals surface area contributed by atoms with Crippen LogP contribution in [-0.4, -0.2) is 23.1 Å². The average molecular weight is 408 g/mol. The number of carbonyl (C=O) groups excluding carboxylic acids is 2. The lowest BCUT2D eigenvalue weighted by Crippen LogP contribution is -2.21. The van der Waals surface area contributed by atoms with Gasteiger partial charge in [-0.2, -0.15) is 5.10 Å². The summed E-state index contributed by atoms with van der Waals surface area (Å²) in [6, 6.07) is 18.2. The first kappa shape index (κ1) is 20.1. The van der Waals surface area contributed by atoms with Gasteiger partial charge in [0.05, 0.1) is 28.1 Å². The number of halogens is 1. The summed E-state index contributed by atoms with van der Waals surface area (Å²) < 4.78 is 0. The first-order chi connectivity index (χ1) is 14.0. The maximum absolute atomic E-state index is 12.5. The fraction of sp³-hybridized carbons (Fsp3) is 0.0455. The lowest BCUT2D eigenvalue weighted by molar-refractivity contribution is 0.0956. The number of nitrogens with one attached hydrogen (secondary N) is 2. The zero-order chi connectivity index (χ0) is 20.8. The van der Waals surface area contributed by atoms with Gasteiger partial charge in [0, 0.05) is 0 Å². The summed E-state index contributed by atoms with van der Waals surface area (Å²) in [6.45, 7) is 1.77. The van der Waals surface area contributed by atoms with Crippen molar-refractivity contribution in [3.05, 3.63) is 94.0 Å². The number of nitrogens with zero attached hydrogens (tertiary/aromatic N) is 1. The number of phenols is 1. The van der Waals surface area contributed by atoms with Crippen molar-refractivity contribution >= 4 is 35.3 Å². The van der Waals surface area contributed by atoms with Crippen molar-refractivity contribution in [1.29, 1.82) is 0 Å². The normalized spacial score (nSPS) is 10.7. The Morgan fingerprint density at radius 1 is 0.966 bits per heavy atom. The van der Waals surface area contributed by atoms with Crippen LogP contribution in [0.4, 0.5) is 5.69 Å². The Bertz CT molecular complexity index is 1100. The van der Waals surface area contributed by atoms with Crippen LogP contribution in [0.15, 0.2) is 71.8 Å². The van der Waals surface area contributed by atoms with Gasteiger partial charge in [-0.25, -0.2) is 5.43 Å². The van der Waals surface area contributed by atoms with Crippen LogP contribution in [0.2, 0.25) is 5.02 Å². The number of anilines is 1. The molecule has 3 N–H and O–H groups in total. The molecule has 0 saturated carbocycles. The second-order valence-electron chi connectivity index (χ2n) is 6.22. The molecule has 0 aliphatic heterocycles. The Morgan fingerprint density at radius 2 is 1.66 bits per heavy atom. The van der Waals surface area contributed by atoms with E-state index >= 15 is 0 Å². The molecule has 0 saturated heterocycles. The van der Waals surface area contributed by atoms with Crippen molar-refractivity contribution in [2.45, 2.75) is 6.92 Å². The standard InChI is InChI=1S/C22H18ClN3O3/c1-14-12-15(10-11-20(14)27)13-24-26-22(29)17-7-3-5-9-19(17)25-21(28)16-6-2-4-8-18(16)23/h2-13,27H,1H3,(H,25,28)(H,26,29).